The molecule has 0 N–H and O–H groups in total. The fraction of sp³-hybridized carbons (Fsp3) is 0.0769. The third-order valence-electron chi connectivity index (χ3n) is 2.19. The van der Waals surface area contributed by atoms with E-state index in [0.29, 0.717) is 10.0 Å². The first-order valence-corrected chi connectivity index (χ1v) is 5.60. The molecule has 0 saturated carbocycles. The summed E-state index contributed by atoms with van der Waals surface area (Å²) in [6, 6.07) is 12.8. The second kappa shape index (κ2) is 4.77. The molecule has 0 heterocycles. The largest absolute Gasteiger partial charge is 0.457 e. The first-order chi connectivity index (χ1) is 7.65. The highest BCUT2D eigenvalue weighted by atomic mass is 35.5. The maximum atomic E-state index is 6.00. The second-order valence-electron chi connectivity index (χ2n) is 3.47. The van der Waals surface area contributed by atoms with Crippen molar-refractivity contribution in [2.24, 2.45) is 0 Å². The van der Waals surface area contributed by atoms with Crippen LogP contribution in [0.3, 0.4) is 0 Å². The Morgan fingerprint density at radius 1 is 0.875 bits per heavy atom. The fourth-order valence-electron chi connectivity index (χ4n) is 1.28. The lowest BCUT2D eigenvalue weighted by molar-refractivity contribution is 0.482. The van der Waals surface area contributed by atoms with E-state index in [4.69, 9.17) is 27.9 Å². The highest BCUT2D eigenvalue weighted by molar-refractivity contribution is 6.31. The minimum absolute atomic E-state index is 0.689. The number of benzene rings is 2. The molecule has 0 aliphatic heterocycles. The van der Waals surface area contributed by atoms with E-state index in [0.717, 1.165) is 17.1 Å². The normalized spacial score (nSPS) is 10.2. The zero-order valence-corrected chi connectivity index (χ0v) is 10.2. The monoisotopic (exact) mass is 252 g/mol. The number of hydrogen-bond acceptors (Lipinski definition) is 1. The summed E-state index contributed by atoms with van der Waals surface area (Å²) in [5, 5.41) is 1.39. The highest BCUT2D eigenvalue weighted by Crippen LogP contribution is 2.27. The molecular formula is C13H10Cl2O. The van der Waals surface area contributed by atoms with Gasteiger partial charge in [0.1, 0.15) is 11.5 Å². The Balaban J connectivity index is 2.20. The summed E-state index contributed by atoms with van der Waals surface area (Å²) < 4.78 is 5.63. The van der Waals surface area contributed by atoms with Crippen LogP contribution >= 0.6 is 23.2 Å². The highest BCUT2D eigenvalue weighted by Gasteiger charge is 2.00. The van der Waals surface area contributed by atoms with Gasteiger partial charge in [-0.25, -0.2) is 0 Å². The predicted octanol–water partition coefficient (Wildman–Crippen LogP) is 5.09. The lowest BCUT2D eigenvalue weighted by Gasteiger charge is -2.06. The minimum atomic E-state index is 0.689. The Morgan fingerprint density at radius 3 is 2.12 bits per heavy atom. The molecule has 0 aliphatic rings. The number of aryl methyl sites for hydroxylation is 1. The van der Waals surface area contributed by atoms with Crippen molar-refractivity contribution < 1.29 is 4.74 Å². The Labute approximate surface area is 105 Å². The molecule has 2 aromatic rings. The molecule has 0 unspecified atom stereocenters. The molecule has 0 spiro atoms. The molecular weight excluding hydrogens is 243 g/mol. The van der Waals surface area contributed by atoms with Gasteiger partial charge in [-0.2, -0.15) is 0 Å². The van der Waals surface area contributed by atoms with Gasteiger partial charge in [0.25, 0.3) is 0 Å². The van der Waals surface area contributed by atoms with Gasteiger partial charge in [-0.3, -0.25) is 0 Å². The van der Waals surface area contributed by atoms with Crippen LogP contribution in [-0.2, 0) is 0 Å². The maximum Gasteiger partial charge on any atom is 0.128 e. The van der Waals surface area contributed by atoms with Crippen LogP contribution in [0.1, 0.15) is 5.56 Å². The summed E-state index contributed by atoms with van der Waals surface area (Å²) >= 11 is 11.8. The molecule has 0 fully saturated rings. The van der Waals surface area contributed by atoms with Crippen LogP contribution in [0.15, 0.2) is 42.5 Å². The molecule has 0 bridgehead atoms. The van der Waals surface area contributed by atoms with Crippen LogP contribution < -0.4 is 4.74 Å². The molecule has 0 radical (unpaired) electrons. The summed E-state index contributed by atoms with van der Waals surface area (Å²) in [5.41, 5.74) is 1.03. The Hall–Kier alpha value is -1.18. The molecule has 0 amide bonds. The van der Waals surface area contributed by atoms with Gasteiger partial charge in [0, 0.05) is 10.0 Å². The SMILES string of the molecule is Cc1ccc(Oc2ccc(Cl)cc2)cc1Cl. The van der Waals surface area contributed by atoms with Crippen molar-refractivity contribution in [1.29, 1.82) is 0 Å². The van der Waals surface area contributed by atoms with Crippen molar-refractivity contribution in [1.82, 2.24) is 0 Å². The summed E-state index contributed by atoms with van der Waals surface area (Å²) in [6.07, 6.45) is 0. The smallest absolute Gasteiger partial charge is 0.128 e. The average molecular weight is 253 g/mol. The average Bonchev–Trinajstić information content (AvgIpc) is 2.27. The number of hydrogen-bond donors (Lipinski definition) is 0. The molecule has 0 saturated heterocycles. The zero-order chi connectivity index (χ0) is 11.5. The first kappa shape index (κ1) is 11.3. The molecule has 82 valence electrons. The van der Waals surface area contributed by atoms with E-state index in [1.807, 2.05) is 31.2 Å². The summed E-state index contributed by atoms with van der Waals surface area (Å²) in [5.74, 6) is 1.46. The molecule has 0 aliphatic carbocycles. The topological polar surface area (TPSA) is 9.23 Å². The van der Waals surface area contributed by atoms with Gasteiger partial charge < -0.3 is 4.74 Å². The Kier molecular flexibility index (Phi) is 3.37. The van der Waals surface area contributed by atoms with E-state index < -0.39 is 0 Å². The van der Waals surface area contributed by atoms with Crippen LogP contribution in [0, 0.1) is 6.92 Å². The number of ether oxygens (including phenoxy) is 1. The molecule has 1 nitrogen and oxygen atoms in total. The summed E-state index contributed by atoms with van der Waals surface area (Å²) in [7, 11) is 0. The van der Waals surface area contributed by atoms with Crippen LogP contribution in [0.2, 0.25) is 10.0 Å². The lowest BCUT2D eigenvalue weighted by Crippen LogP contribution is -1.84. The predicted molar refractivity (Wildman–Crippen MR) is 67.7 cm³/mol. The first-order valence-electron chi connectivity index (χ1n) is 4.85. The van der Waals surface area contributed by atoms with E-state index >= 15 is 0 Å². The lowest BCUT2D eigenvalue weighted by atomic mass is 10.2. The van der Waals surface area contributed by atoms with E-state index in [-0.39, 0.29) is 0 Å². The third kappa shape index (κ3) is 2.69. The molecule has 0 aromatic heterocycles. The summed E-state index contributed by atoms with van der Waals surface area (Å²) in [6.45, 7) is 1.95. The van der Waals surface area contributed by atoms with Crippen molar-refractivity contribution in [2.75, 3.05) is 0 Å². The molecule has 2 aromatic carbocycles. The van der Waals surface area contributed by atoms with E-state index in [9.17, 15) is 0 Å². The van der Waals surface area contributed by atoms with Crippen molar-refractivity contribution in [3.8, 4) is 11.5 Å². The molecule has 3 heteroatoms. The van der Waals surface area contributed by atoms with Crippen molar-refractivity contribution >= 4 is 23.2 Å². The Morgan fingerprint density at radius 2 is 1.50 bits per heavy atom. The molecule has 2 rings (SSSR count). The van der Waals surface area contributed by atoms with Gasteiger partial charge in [0.15, 0.2) is 0 Å². The van der Waals surface area contributed by atoms with Crippen molar-refractivity contribution in [2.45, 2.75) is 6.92 Å². The number of halogens is 2. The zero-order valence-electron chi connectivity index (χ0n) is 8.71. The van der Waals surface area contributed by atoms with Gasteiger partial charge in [-0.05, 0) is 48.9 Å². The maximum absolute atomic E-state index is 6.00. The quantitative estimate of drug-likeness (QED) is 0.723. The standard InChI is InChI=1S/C13H10Cl2O/c1-9-2-5-12(8-13(9)15)16-11-6-3-10(14)4-7-11/h2-8H,1H3. The van der Waals surface area contributed by atoms with Crippen LogP contribution in [0.4, 0.5) is 0 Å². The van der Waals surface area contributed by atoms with Gasteiger partial charge >= 0.3 is 0 Å². The van der Waals surface area contributed by atoms with Crippen LogP contribution in [-0.4, -0.2) is 0 Å². The number of rotatable bonds is 2. The van der Waals surface area contributed by atoms with Crippen molar-refractivity contribution in [3.63, 3.8) is 0 Å². The van der Waals surface area contributed by atoms with Crippen molar-refractivity contribution in [3.05, 3.63) is 58.1 Å². The summed E-state index contributed by atoms with van der Waals surface area (Å²) in [4.78, 5) is 0. The van der Waals surface area contributed by atoms with E-state index in [1.165, 1.54) is 0 Å². The van der Waals surface area contributed by atoms with Crippen LogP contribution in [0.25, 0.3) is 0 Å². The molecule has 16 heavy (non-hydrogen) atoms. The second-order valence-corrected chi connectivity index (χ2v) is 4.31. The van der Waals surface area contributed by atoms with Crippen LogP contribution in [0.5, 0.6) is 11.5 Å². The van der Waals surface area contributed by atoms with Gasteiger partial charge in [0.2, 0.25) is 0 Å². The van der Waals surface area contributed by atoms with Gasteiger partial charge in [-0.15, -0.1) is 0 Å². The van der Waals surface area contributed by atoms with Gasteiger partial charge in [0.05, 0.1) is 0 Å². The molecule has 0 atom stereocenters. The third-order valence-corrected chi connectivity index (χ3v) is 2.85. The minimum Gasteiger partial charge on any atom is -0.457 e. The van der Waals surface area contributed by atoms with E-state index in [2.05, 4.69) is 0 Å². The Bertz CT molecular complexity index is 492. The fourth-order valence-corrected chi connectivity index (χ4v) is 1.57. The van der Waals surface area contributed by atoms with E-state index in [1.54, 1.807) is 18.2 Å². The van der Waals surface area contributed by atoms with Gasteiger partial charge in [-0.1, -0.05) is 29.3 Å².